The molecule has 0 radical (unpaired) electrons. The average molecular weight is 445 g/mol. The van der Waals surface area contributed by atoms with E-state index in [4.69, 9.17) is 0 Å². The standard InChI is InChI=1S/C31H58N/c1-7-13-19-28(10-4)24-32(25-29(11-5)20-14-8-2,26-30(12-6)21-15-9-3)27-31-22-17-16-18-23-31/h16-18,22-23,28-30H,7-15,19-21,24-27H2,1-6H3/q+1/t28-,29-,30-/m0/s1. The Morgan fingerprint density at radius 3 is 1.25 bits per heavy atom. The second-order valence-electron chi connectivity index (χ2n) is 10.8. The van der Waals surface area contributed by atoms with Crippen molar-refractivity contribution >= 4 is 0 Å². The van der Waals surface area contributed by atoms with Crippen molar-refractivity contribution in [2.75, 3.05) is 19.6 Å². The lowest BCUT2D eigenvalue weighted by molar-refractivity contribution is -0.950. The zero-order chi connectivity index (χ0) is 23.7. The zero-order valence-corrected chi connectivity index (χ0v) is 22.9. The van der Waals surface area contributed by atoms with Gasteiger partial charge in [0, 0.05) is 23.3 Å². The van der Waals surface area contributed by atoms with Gasteiger partial charge in [-0.05, 0) is 38.5 Å². The van der Waals surface area contributed by atoms with Crippen molar-refractivity contribution in [2.45, 2.75) is 125 Å². The summed E-state index contributed by atoms with van der Waals surface area (Å²) in [5.74, 6) is 2.60. The average Bonchev–Trinajstić information content (AvgIpc) is 2.82. The van der Waals surface area contributed by atoms with Crippen molar-refractivity contribution in [1.82, 2.24) is 0 Å². The molecule has 1 heteroatoms. The highest BCUT2D eigenvalue weighted by molar-refractivity contribution is 5.13. The molecule has 186 valence electrons. The van der Waals surface area contributed by atoms with Crippen molar-refractivity contribution < 1.29 is 4.48 Å². The molecule has 0 aliphatic carbocycles. The van der Waals surface area contributed by atoms with E-state index in [1.165, 1.54) is 108 Å². The summed E-state index contributed by atoms with van der Waals surface area (Å²) in [5, 5.41) is 0. The molecule has 0 amide bonds. The quantitative estimate of drug-likeness (QED) is 0.176. The Labute approximate surface area is 203 Å². The van der Waals surface area contributed by atoms with Crippen molar-refractivity contribution in [3.8, 4) is 0 Å². The molecule has 0 saturated heterocycles. The molecule has 1 aromatic carbocycles. The molecule has 0 aromatic heterocycles. The van der Waals surface area contributed by atoms with Gasteiger partial charge in [-0.2, -0.15) is 0 Å². The molecule has 0 unspecified atom stereocenters. The summed E-state index contributed by atoms with van der Waals surface area (Å²) in [5.41, 5.74) is 1.55. The predicted molar refractivity (Wildman–Crippen MR) is 145 cm³/mol. The minimum absolute atomic E-state index is 0.867. The third-order valence-corrected chi connectivity index (χ3v) is 7.93. The summed E-state index contributed by atoms with van der Waals surface area (Å²) in [6.45, 7) is 19.8. The van der Waals surface area contributed by atoms with Crippen LogP contribution in [0.25, 0.3) is 0 Å². The van der Waals surface area contributed by atoms with Crippen molar-refractivity contribution in [3.05, 3.63) is 35.9 Å². The van der Waals surface area contributed by atoms with Gasteiger partial charge in [0.25, 0.3) is 0 Å². The molecule has 0 aliphatic heterocycles. The Morgan fingerprint density at radius 2 is 0.938 bits per heavy atom. The predicted octanol–water partition coefficient (Wildman–Crippen LogP) is 9.65. The lowest BCUT2D eigenvalue weighted by atomic mass is 9.90. The molecule has 1 rings (SSSR count). The number of unbranched alkanes of at least 4 members (excludes halogenated alkanes) is 3. The fourth-order valence-electron chi connectivity index (χ4n) is 5.78. The van der Waals surface area contributed by atoms with Crippen LogP contribution in [0.2, 0.25) is 0 Å². The fraction of sp³-hybridized carbons (Fsp3) is 0.806. The SMILES string of the molecule is CCCC[C@H](CC)C[N+](Cc1ccccc1)(C[C@@H](CC)CCCC)C[C@@H](CC)CCCC. The van der Waals surface area contributed by atoms with Gasteiger partial charge in [-0.3, -0.25) is 0 Å². The van der Waals surface area contributed by atoms with Gasteiger partial charge in [0.15, 0.2) is 0 Å². The van der Waals surface area contributed by atoms with Gasteiger partial charge in [-0.15, -0.1) is 0 Å². The van der Waals surface area contributed by atoms with E-state index in [9.17, 15) is 0 Å². The third-order valence-electron chi connectivity index (χ3n) is 7.93. The second kappa shape index (κ2) is 17.6. The van der Waals surface area contributed by atoms with Crippen LogP contribution in [0.5, 0.6) is 0 Å². The van der Waals surface area contributed by atoms with E-state index in [0.29, 0.717) is 0 Å². The van der Waals surface area contributed by atoms with Gasteiger partial charge in [0.05, 0.1) is 19.6 Å². The number of quaternary nitrogens is 1. The molecule has 0 aliphatic rings. The van der Waals surface area contributed by atoms with Gasteiger partial charge in [-0.25, -0.2) is 0 Å². The molecule has 0 bridgehead atoms. The molecule has 1 aromatic rings. The van der Waals surface area contributed by atoms with Crippen LogP contribution < -0.4 is 0 Å². The zero-order valence-electron chi connectivity index (χ0n) is 22.9. The number of benzene rings is 1. The minimum Gasteiger partial charge on any atom is -0.319 e. The Bertz CT molecular complexity index is 491. The van der Waals surface area contributed by atoms with E-state index in [-0.39, 0.29) is 0 Å². The molecule has 0 heterocycles. The van der Waals surface area contributed by atoms with Gasteiger partial charge in [-0.1, -0.05) is 110 Å². The van der Waals surface area contributed by atoms with Crippen LogP contribution >= 0.6 is 0 Å². The molecule has 0 spiro atoms. The lowest BCUT2D eigenvalue weighted by Crippen LogP contribution is -2.55. The highest BCUT2D eigenvalue weighted by Gasteiger charge is 2.35. The normalized spacial score (nSPS) is 14.9. The third kappa shape index (κ3) is 11.4. The number of hydrogen-bond donors (Lipinski definition) is 0. The summed E-state index contributed by atoms with van der Waals surface area (Å²) < 4.78 is 1.33. The smallest absolute Gasteiger partial charge is 0.104 e. The molecule has 0 fully saturated rings. The van der Waals surface area contributed by atoms with Gasteiger partial charge >= 0.3 is 0 Å². The first kappa shape index (κ1) is 29.2. The number of nitrogens with zero attached hydrogens (tertiary/aromatic N) is 1. The van der Waals surface area contributed by atoms with Gasteiger partial charge < -0.3 is 4.48 Å². The largest absolute Gasteiger partial charge is 0.319 e. The van der Waals surface area contributed by atoms with Crippen LogP contribution in [0, 0.1) is 17.8 Å². The first-order valence-electron chi connectivity index (χ1n) is 14.4. The first-order valence-corrected chi connectivity index (χ1v) is 14.4. The molecule has 32 heavy (non-hydrogen) atoms. The Morgan fingerprint density at radius 1 is 0.562 bits per heavy atom. The Balaban J connectivity index is 3.29. The summed E-state index contributed by atoms with van der Waals surface area (Å²) in [4.78, 5) is 0. The molecule has 0 N–H and O–H groups in total. The van der Waals surface area contributed by atoms with E-state index in [2.05, 4.69) is 71.9 Å². The summed E-state index contributed by atoms with van der Waals surface area (Å²) >= 11 is 0. The molecular weight excluding hydrogens is 386 g/mol. The molecular formula is C31H58N+. The summed E-state index contributed by atoms with van der Waals surface area (Å²) in [7, 11) is 0. The van der Waals surface area contributed by atoms with Crippen molar-refractivity contribution in [2.24, 2.45) is 17.8 Å². The topological polar surface area (TPSA) is 0 Å². The van der Waals surface area contributed by atoms with Crippen LogP contribution in [0.4, 0.5) is 0 Å². The van der Waals surface area contributed by atoms with Crippen LogP contribution in [-0.4, -0.2) is 24.1 Å². The fourth-order valence-corrected chi connectivity index (χ4v) is 5.78. The number of rotatable bonds is 20. The molecule has 0 saturated carbocycles. The van der Waals surface area contributed by atoms with E-state index in [0.717, 1.165) is 17.8 Å². The lowest BCUT2D eigenvalue weighted by Gasteiger charge is -2.45. The molecule has 3 atom stereocenters. The maximum atomic E-state index is 2.44. The van der Waals surface area contributed by atoms with Crippen LogP contribution in [0.1, 0.15) is 124 Å². The van der Waals surface area contributed by atoms with Crippen LogP contribution in [0.15, 0.2) is 30.3 Å². The van der Waals surface area contributed by atoms with E-state index in [1.807, 2.05) is 0 Å². The van der Waals surface area contributed by atoms with E-state index < -0.39 is 0 Å². The number of hydrogen-bond acceptors (Lipinski definition) is 0. The Hall–Kier alpha value is -0.820. The minimum atomic E-state index is 0.867. The summed E-state index contributed by atoms with van der Waals surface area (Å²) in [6, 6.07) is 11.5. The van der Waals surface area contributed by atoms with E-state index >= 15 is 0 Å². The van der Waals surface area contributed by atoms with Gasteiger partial charge in [0.2, 0.25) is 0 Å². The van der Waals surface area contributed by atoms with Gasteiger partial charge in [0.1, 0.15) is 6.54 Å². The Kier molecular flexibility index (Phi) is 16.1. The maximum absolute atomic E-state index is 2.44. The highest BCUT2D eigenvalue weighted by Crippen LogP contribution is 2.30. The highest BCUT2D eigenvalue weighted by atomic mass is 15.4. The first-order chi connectivity index (χ1) is 15.6. The van der Waals surface area contributed by atoms with Crippen LogP contribution in [-0.2, 0) is 6.54 Å². The van der Waals surface area contributed by atoms with Crippen molar-refractivity contribution in [3.63, 3.8) is 0 Å². The summed E-state index contributed by atoms with van der Waals surface area (Å²) in [6.07, 6.45) is 16.4. The van der Waals surface area contributed by atoms with Crippen molar-refractivity contribution in [1.29, 1.82) is 0 Å². The molecule has 1 nitrogen and oxygen atoms in total. The second-order valence-corrected chi connectivity index (χ2v) is 10.8. The van der Waals surface area contributed by atoms with E-state index in [1.54, 1.807) is 5.56 Å². The monoisotopic (exact) mass is 444 g/mol. The van der Waals surface area contributed by atoms with Crippen LogP contribution in [0.3, 0.4) is 0 Å². The maximum Gasteiger partial charge on any atom is 0.104 e.